The van der Waals surface area contributed by atoms with Gasteiger partial charge in [-0.1, -0.05) is 12.2 Å². The highest BCUT2D eigenvalue weighted by atomic mass is 16.7. The fourth-order valence-electron chi connectivity index (χ4n) is 3.68. The van der Waals surface area contributed by atoms with Gasteiger partial charge in [0.1, 0.15) is 0 Å². The van der Waals surface area contributed by atoms with Crippen LogP contribution in [-0.4, -0.2) is 31.6 Å². The van der Waals surface area contributed by atoms with Crippen molar-refractivity contribution in [3.63, 3.8) is 0 Å². The highest BCUT2D eigenvalue weighted by molar-refractivity contribution is 5.69. The van der Waals surface area contributed by atoms with Crippen LogP contribution in [0.5, 0.6) is 0 Å². The van der Waals surface area contributed by atoms with Gasteiger partial charge in [-0.25, -0.2) is 0 Å². The smallest absolute Gasteiger partial charge is 0.306 e. The Morgan fingerprint density at radius 1 is 1.27 bits per heavy atom. The highest BCUT2D eigenvalue weighted by Gasteiger charge is 2.38. The average molecular weight is 306 g/mol. The van der Waals surface area contributed by atoms with Crippen LogP contribution in [0.4, 0.5) is 0 Å². The van der Waals surface area contributed by atoms with Crippen molar-refractivity contribution >= 4 is 5.97 Å². The van der Waals surface area contributed by atoms with Gasteiger partial charge in [0.25, 0.3) is 0 Å². The molecular weight excluding hydrogens is 280 g/mol. The van der Waals surface area contributed by atoms with Crippen molar-refractivity contribution in [2.24, 2.45) is 5.92 Å². The predicted octanol–water partition coefficient (Wildman–Crippen LogP) is 3.52. The second-order valence-electron chi connectivity index (χ2n) is 6.42. The van der Waals surface area contributed by atoms with Gasteiger partial charge in [-0.3, -0.25) is 4.79 Å². The molecule has 22 heavy (non-hydrogen) atoms. The molecule has 3 aliphatic rings. The third kappa shape index (κ3) is 3.61. The Hall–Kier alpha value is -1.13. The van der Waals surface area contributed by atoms with E-state index in [-0.39, 0.29) is 11.8 Å². The molecule has 1 atom stereocenters. The topological polar surface area (TPSA) is 44.8 Å². The Bertz CT molecular complexity index is 471. The summed E-state index contributed by atoms with van der Waals surface area (Å²) in [6.45, 7) is 3.78. The lowest BCUT2D eigenvalue weighted by atomic mass is 9.81. The zero-order chi connectivity index (χ0) is 15.4. The minimum Gasteiger partial charge on any atom is -0.466 e. The van der Waals surface area contributed by atoms with Crippen molar-refractivity contribution < 1.29 is 19.0 Å². The van der Waals surface area contributed by atoms with Gasteiger partial charge in [0.15, 0.2) is 5.79 Å². The van der Waals surface area contributed by atoms with Crippen LogP contribution in [0.3, 0.4) is 0 Å². The molecule has 3 rings (SSSR count). The lowest BCUT2D eigenvalue weighted by molar-refractivity contribution is -0.161. The van der Waals surface area contributed by atoms with Crippen LogP contribution in [0, 0.1) is 5.92 Å². The second kappa shape index (κ2) is 6.97. The molecule has 4 nitrogen and oxygen atoms in total. The summed E-state index contributed by atoms with van der Waals surface area (Å²) in [5.41, 5.74) is 2.92. The summed E-state index contributed by atoms with van der Waals surface area (Å²) in [5, 5.41) is 0. The van der Waals surface area contributed by atoms with E-state index in [2.05, 4.69) is 12.2 Å². The molecule has 4 heteroatoms. The molecule has 0 aromatic carbocycles. The van der Waals surface area contributed by atoms with E-state index in [1.807, 2.05) is 6.92 Å². The molecular formula is C18H26O4. The van der Waals surface area contributed by atoms with Crippen LogP contribution in [-0.2, 0) is 19.0 Å². The first-order valence-corrected chi connectivity index (χ1v) is 8.53. The van der Waals surface area contributed by atoms with Crippen molar-refractivity contribution in [1.82, 2.24) is 0 Å². The molecule has 0 aromatic rings. The summed E-state index contributed by atoms with van der Waals surface area (Å²) in [4.78, 5) is 11.6. The van der Waals surface area contributed by atoms with Crippen molar-refractivity contribution in [1.29, 1.82) is 0 Å². The minimum atomic E-state index is -0.328. The maximum absolute atomic E-state index is 11.6. The van der Waals surface area contributed by atoms with E-state index < -0.39 is 0 Å². The standard InChI is InChI=1S/C18H26O4/c1-2-20-17(19)13-14-3-5-15(6-4-14)16-7-9-18(10-8-16)21-11-12-22-18/h5,7,14H,2-4,6,8-13H2,1H3. The van der Waals surface area contributed by atoms with Crippen molar-refractivity contribution in [3.05, 3.63) is 23.3 Å². The van der Waals surface area contributed by atoms with E-state index in [0.717, 1.165) is 51.7 Å². The minimum absolute atomic E-state index is 0.0568. The van der Waals surface area contributed by atoms with Crippen LogP contribution >= 0.6 is 0 Å². The molecule has 1 heterocycles. The maximum atomic E-state index is 11.6. The SMILES string of the molecule is CCOC(=O)CC1CC=C(C2=CCC3(CC2)OCCO3)CC1. The lowest BCUT2D eigenvalue weighted by Crippen LogP contribution is -2.32. The summed E-state index contributed by atoms with van der Waals surface area (Å²) in [5.74, 6) is 0.0593. The number of allylic oxidation sites excluding steroid dienone is 3. The second-order valence-corrected chi connectivity index (χ2v) is 6.42. The van der Waals surface area contributed by atoms with Gasteiger partial charge < -0.3 is 14.2 Å². The predicted molar refractivity (Wildman–Crippen MR) is 83.2 cm³/mol. The molecule has 1 fully saturated rings. The number of carbonyl (C=O) groups excluding carboxylic acids is 1. The summed E-state index contributed by atoms with van der Waals surface area (Å²) in [6.07, 6.45) is 11.2. The van der Waals surface area contributed by atoms with Gasteiger partial charge in [0.2, 0.25) is 0 Å². The first-order valence-electron chi connectivity index (χ1n) is 8.53. The lowest BCUT2D eigenvalue weighted by Gasteiger charge is -2.32. The fraction of sp³-hybridized carbons (Fsp3) is 0.722. The maximum Gasteiger partial charge on any atom is 0.306 e. The van der Waals surface area contributed by atoms with Gasteiger partial charge in [-0.05, 0) is 49.7 Å². The van der Waals surface area contributed by atoms with Gasteiger partial charge in [0.05, 0.1) is 19.8 Å². The summed E-state index contributed by atoms with van der Waals surface area (Å²) < 4.78 is 16.6. The van der Waals surface area contributed by atoms with Gasteiger partial charge in [-0.2, -0.15) is 0 Å². The average Bonchev–Trinajstić information content (AvgIpc) is 2.97. The number of esters is 1. The van der Waals surface area contributed by atoms with E-state index >= 15 is 0 Å². The van der Waals surface area contributed by atoms with E-state index in [4.69, 9.17) is 14.2 Å². The van der Waals surface area contributed by atoms with Gasteiger partial charge >= 0.3 is 5.97 Å². The van der Waals surface area contributed by atoms with Crippen LogP contribution in [0.2, 0.25) is 0 Å². The Balaban J connectivity index is 1.53. The molecule has 1 aliphatic heterocycles. The van der Waals surface area contributed by atoms with Crippen LogP contribution in [0.1, 0.15) is 51.9 Å². The number of hydrogen-bond donors (Lipinski definition) is 0. The normalized spacial score (nSPS) is 27.4. The molecule has 1 saturated heterocycles. The number of carbonyl (C=O) groups is 1. The fourth-order valence-corrected chi connectivity index (χ4v) is 3.68. The highest BCUT2D eigenvalue weighted by Crippen LogP contribution is 2.39. The molecule has 1 spiro atoms. The Morgan fingerprint density at radius 3 is 2.64 bits per heavy atom. The molecule has 0 bridgehead atoms. The molecule has 2 aliphatic carbocycles. The largest absolute Gasteiger partial charge is 0.466 e. The van der Waals surface area contributed by atoms with Gasteiger partial charge in [0, 0.05) is 19.3 Å². The van der Waals surface area contributed by atoms with E-state index in [1.54, 1.807) is 0 Å². The third-order valence-electron chi connectivity index (χ3n) is 4.94. The zero-order valence-corrected chi connectivity index (χ0v) is 13.4. The Labute approximate surface area is 132 Å². The first-order chi connectivity index (χ1) is 10.7. The van der Waals surface area contributed by atoms with Crippen LogP contribution < -0.4 is 0 Å². The van der Waals surface area contributed by atoms with Crippen LogP contribution in [0.25, 0.3) is 0 Å². The van der Waals surface area contributed by atoms with Crippen molar-refractivity contribution in [3.8, 4) is 0 Å². The number of ether oxygens (including phenoxy) is 3. The molecule has 0 amide bonds. The zero-order valence-electron chi connectivity index (χ0n) is 13.4. The van der Waals surface area contributed by atoms with Crippen molar-refractivity contribution in [2.75, 3.05) is 19.8 Å². The van der Waals surface area contributed by atoms with Crippen LogP contribution in [0.15, 0.2) is 23.3 Å². The molecule has 0 saturated carbocycles. The molecule has 0 radical (unpaired) electrons. The summed E-state index contributed by atoms with van der Waals surface area (Å²) >= 11 is 0. The van der Waals surface area contributed by atoms with E-state index in [1.165, 1.54) is 11.1 Å². The summed E-state index contributed by atoms with van der Waals surface area (Å²) in [6, 6.07) is 0. The summed E-state index contributed by atoms with van der Waals surface area (Å²) in [7, 11) is 0. The number of hydrogen-bond acceptors (Lipinski definition) is 4. The molecule has 1 unspecified atom stereocenters. The Kier molecular flexibility index (Phi) is 4.99. The van der Waals surface area contributed by atoms with Crippen molar-refractivity contribution in [2.45, 2.75) is 57.7 Å². The number of rotatable bonds is 4. The molecule has 0 aromatic heterocycles. The quantitative estimate of drug-likeness (QED) is 0.746. The van der Waals surface area contributed by atoms with E-state index in [9.17, 15) is 4.79 Å². The molecule has 122 valence electrons. The first kappa shape index (κ1) is 15.8. The third-order valence-corrected chi connectivity index (χ3v) is 4.94. The monoisotopic (exact) mass is 306 g/mol. The van der Waals surface area contributed by atoms with Gasteiger partial charge in [-0.15, -0.1) is 0 Å². The van der Waals surface area contributed by atoms with E-state index in [0.29, 0.717) is 18.9 Å². The molecule has 0 N–H and O–H groups in total. The Morgan fingerprint density at radius 2 is 2.05 bits per heavy atom.